The molecular weight excluding hydrogens is 228 g/mol. The highest BCUT2D eigenvalue weighted by atomic mass is 16.7. The van der Waals surface area contributed by atoms with Crippen molar-refractivity contribution in [2.45, 2.75) is 6.61 Å². The van der Waals surface area contributed by atoms with Gasteiger partial charge in [-0.15, -0.1) is 0 Å². The van der Waals surface area contributed by atoms with E-state index in [0.717, 1.165) is 16.6 Å². The molecular formula is C14H14N2O2. The average Bonchev–Trinajstić information content (AvgIpc) is 2.92. The van der Waals surface area contributed by atoms with Crippen molar-refractivity contribution >= 4 is 11.0 Å². The van der Waals surface area contributed by atoms with Crippen LogP contribution in [0.3, 0.4) is 0 Å². The molecule has 1 aromatic carbocycles. The number of aromatic nitrogens is 2. The van der Waals surface area contributed by atoms with E-state index in [9.17, 15) is 5.11 Å². The SMILES string of the molecule is Cn1cc(O)c2ccn(OCc3ccccc3)c21. The number of aryl methyl sites for hydroxylation is 1. The van der Waals surface area contributed by atoms with E-state index in [1.54, 1.807) is 10.9 Å². The molecule has 0 aliphatic rings. The van der Waals surface area contributed by atoms with Crippen LogP contribution in [0.15, 0.2) is 48.8 Å². The first-order valence-corrected chi connectivity index (χ1v) is 5.78. The fourth-order valence-corrected chi connectivity index (χ4v) is 2.09. The Hall–Kier alpha value is -2.36. The van der Waals surface area contributed by atoms with E-state index >= 15 is 0 Å². The summed E-state index contributed by atoms with van der Waals surface area (Å²) in [6.45, 7) is 0.497. The van der Waals surface area contributed by atoms with Crippen molar-refractivity contribution in [3.05, 3.63) is 54.4 Å². The second-order valence-electron chi connectivity index (χ2n) is 4.26. The molecule has 0 aliphatic heterocycles. The van der Waals surface area contributed by atoms with E-state index < -0.39 is 0 Å². The van der Waals surface area contributed by atoms with Gasteiger partial charge in [-0.05, 0) is 11.6 Å². The highest BCUT2D eigenvalue weighted by Gasteiger charge is 2.10. The Labute approximate surface area is 105 Å². The standard InChI is InChI=1S/C14H14N2O2/c1-15-9-13(17)12-7-8-16(14(12)15)18-10-11-5-3-2-4-6-11/h2-9,17H,10H2,1H3. The molecule has 4 heteroatoms. The lowest BCUT2D eigenvalue weighted by Crippen LogP contribution is -2.11. The van der Waals surface area contributed by atoms with Gasteiger partial charge in [0.05, 0.1) is 5.39 Å². The van der Waals surface area contributed by atoms with Crippen molar-refractivity contribution in [3.63, 3.8) is 0 Å². The molecule has 18 heavy (non-hydrogen) atoms. The molecule has 0 fully saturated rings. The molecule has 92 valence electrons. The average molecular weight is 242 g/mol. The number of rotatable bonds is 3. The summed E-state index contributed by atoms with van der Waals surface area (Å²) in [5, 5.41) is 10.5. The lowest BCUT2D eigenvalue weighted by Gasteiger charge is -2.08. The predicted molar refractivity (Wildman–Crippen MR) is 69.3 cm³/mol. The Morgan fingerprint density at radius 2 is 1.94 bits per heavy atom. The maximum Gasteiger partial charge on any atom is 0.159 e. The lowest BCUT2D eigenvalue weighted by atomic mass is 10.2. The van der Waals surface area contributed by atoms with E-state index in [2.05, 4.69) is 0 Å². The van der Waals surface area contributed by atoms with E-state index in [1.807, 2.05) is 54.2 Å². The van der Waals surface area contributed by atoms with Crippen LogP contribution in [0.5, 0.6) is 5.75 Å². The molecule has 0 aliphatic carbocycles. The fourth-order valence-electron chi connectivity index (χ4n) is 2.09. The summed E-state index contributed by atoms with van der Waals surface area (Å²) >= 11 is 0. The number of benzene rings is 1. The third-order valence-electron chi connectivity index (χ3n) is 2.97. The van der Waals surface area contributed by atoms with Crippen molar-refractivity contribution < 1.29 is 9.94 Å². The Kier molecular flexibility index (Phi) is 2.48. The number of fused-ring (bicyclic) bond motifs is 1. The third-order valence-corrected chi connectivity index (χ3v) is 2.97. The summed E-state index contributed by atoms with van der Waals surface area (Å²) < 4.78 is 3.53. The minimum absolute atomic E-state index is 0.273. The van der Waals surface area contributed by atoms with Crippen molar-refractivity contribution in [1.82, 2.24) is 9.30 Å². The monoisotopic (exact) mass is 242 g/mol. The highest BCUT2D eigenvalue weighted by molar-refractivity contribution is 5.84. The van der Waals surface area contributed by atoms with Gasteiger partial charge in [0.15, 0.2) is 5.65 Å². The first-order valence-electron chi connectivity index (χ1n) is 5.78. The van der Waals surface area contributed by atoms with Gasteiger partial charge < -0.3 is 14.5 Å². The molecule has 0 bridgehead atoms. The zero-order valence-electron chi connectivity index (χ0n) is 10.1. The number of hydrogen-bond acceptors (Lipinski definition) is 2. The van der Waals surface area contributed by atoms with Crippen LogP contribution < -0.4 is 4.84 Å². The van der Waals surface area contributed by atoms with E-state index in [1.165, 1.54) is 0 Å². The van der Waals surface area contributed by atoms with Gasteiger partial charge in [-0.3, -0.25) is 0 Å². The molecule has 3 aromatic rings. The summed E-state index contributed by atoms with van der Waals surface area (Å²) in [6, 6.07) is 11.8. The van der Waals surface area contributed by atoms with Crippen LogP contribution >= 0.6 is 0 Å². The molecule has 0 saturated carbocycles. The summed E-state index contributed by atoms with van der Waals surface area (Å²) in [6.07, 6.45) is 3.49. The zero-order chi connectivity index (χ0) is 12.5. The maximum atomic E-state index is 9.70. The van der Waals surface area contributed by atoms with Crippen LogP contribution in [0, 0.1) is 0 Å². The van der Waals surface area contributed by atoms with Gasteiger partial charge in [0.2, 0.25) is 0 Å². The van der Waals surface area contributed by atoms with Crippen molar-refractivity contribution in [1.29, 1.82) is 0 Å². The van der Waals surface area contributed by atoms with Crippen molar-refractivity contribution in [2.24, 2.45) is 7.05 Å². The van der Waals surface area contributed by atoms with Crippen molar-refractivity contribution in [2.75, 3.05) is 0 Å². The van der Waals surface area contributed by atoms with Gasteiger partial charge in [-0.1, -0.05) is 30.3 Å². The molecule has 0 saturated heterocycles. The second-order valence-corrected chi connectivity index (χ2v) is 4.26. The molecule has 0 amide bonds. The summed E-state index contributed by atoms with van der Waals surface area (Å²) in [7, 11) is 1.88. The second kappa shape index (κ2) is 4.14. The quantitative estimate of drug-likeness (QED) is 0.765. The van der Waals surface area contributed by atoms with Crippen molar-refractivity contribution in [3.8, 4) is 5.75 Å². The normalized spacial score (nSPS) is 10.9. The van der Waals surface area contributed by atoms with Gasteiger partial charge in [0, 0.05) is 19.4 Å². The predicted octanol–water partition coefficient (Wildman–Crippen LogP) is 2.31. The molecule has 2 heterocycles. The molecule has 0 atom stereocenters. The van der Waals surface area contributed by atoms with E-state index in [4.69, 9.17) is 4.84 Å². The van der Waals surface area contributed by atoms with Gasteiger partial charge in [-0.25, -0.2) is 0 Å². The Balaban J connectivity index is 1.87. The summed E-state index contributed by atoms with van der Waals surface area (Å²) in [5.74, 6) is 0.273. The van der Waals surface area contributed by atoms with Crippen LogP contribution in [-0.4, -0.2) is 14.4 Å². The zero-order valence-corrected chi connectivity index (χ0v) is 10.1. The molecule has 2 aromatic heterocycles. The van der Waals surface area contributed by atoms with Crippen LogP contribution in [0.1, 0.15) is 5.56 Å². The number of hydrogen-bond donors (Lipinski definition) is 1. The highest BCUT2D eigenvalue weighted by Crippen LogP contribution is 2.26. The molecule has 0 unspecified atom stereocenters. The molecule has 0 spiro atoms. The maximum absolute atomic E-state index is 9.70. The molecule has 1 N–H and O–H groups in total. The lowest BCUT2D eigenvalue weighted by molar-refractivity contribution is 0.105. The Morgan fingerprint density at radius 3 is 2.72 bits per heavy atom. The Bertz CT molecular complexity index is 668. The number of aromatic hydroxyl groups is 1. The van der Waals surface area contributed by atoms with Crippen LogP contribution in [-0.2, 0) is 13.7 Å². The number of nitrogens with zero attached hydrogens (tertiary/aromatic N) is 2. The molecule has 0 radical (unpaired) electrons. The minimum Gasteiger partial charge on any atom is -0.506 e. The largest absolute Gasteiger partial charge is 0.506 e. The molecule has 3 rings (SSSR count). The third kappa shape index (κ3) is 1.72. The topological polar surface area (TPSA) is 39.3 Å². The first-order chi connectivity index (χ1) is 8.75. The van der Waals surface area contributed by atoms with Crippen LogP contribution in [0.25, 0.3) is 11.0 Å². The smallest absolute Gasteiger partial charge is 0.159 e. The van der Waals surface area contributed by atoms with Crippen LogP contribution in [0.2, 0.25) is 0 Å². The summed E-state index contributed by atoms with van der Waals surface area (Å²) in [5.41, 5.74) is 1.96. The van der Waals surface area contributed by atoms with Gasteiger partial charge in [0.25, 0.3) is 0 Å². The van der Waals surface area contributed by atoms with Gasteiger partial charge in [-0.2, -0.15) is 4.73 Å². The van der Waals surface area contributed by atoms with Gasteiger partial charge >= 0.3 is 0 Å². The fraction of sp³-hybridized carbons (Fsp3) is 0.143. The molecule has 4 nitrogen and oxygen atoms in total. The van der Waals surface area contributed by atoms with E-state index in [0.29, 0.717) is 6.61 Å². The summed E-state index contributed by atoms with van der Waals surface area (Å²) in [4.78, 5) is 5.72. The van der Waals surface area contributed by atoms with Crippen LogP contribution in [0.4, 0.5) is 0 Å². The Morgan fingerprint density at radius 1 is 1.17 bits per heavy atom. The van der Waals surface area contributed by atoms with Gasteiger partial charge in [0.1, 0.15) is 12.4 Å². The first kappa shape index (κ1) is 10.8. The minimum atomic E-state index is 0.273. The van der Waals surface area contributed by atoms with E-state index in [-0.39, 0.29) is 5.75 Å².